The van der Waals surface area contributed by atoms with Gasteiger partial charge >= 0.3 is 0 Å². The molecule has 0 unspecified atom stereocenters. The van der Waals surface area contributed by atoms with Gasteiger partial charge in [0.05, 0.1) is 6.42 Å². The van der Waals surface area contributed by atoms with Gasteiger partial charge in [-0.15, -0.1) is 0 Å². The number of likely N-dealkylation sites (N-methyl/N-ethyl adjacent to an activating group) is 1. The van der Waals surface area contributed by atoms with Gasteiger partial charge in [-0.3, -0.25) is 4.79 Å². The maximum atomic E-state index is 12.0. The molecule has 0 aliphatic heterocycles. The second-order valence-corrected chi connectivity index (χ2v) is 5.08. The number of oxime groups is 1. The Labute approximate surface area is 112 Å². The Morgan fingerprint density at radius 1 is 1.42 bits per heavy atom. The van der Waals surface area contributed by atoms with Gasteiger partial charge in [0.25, 0.3) is 0 Å². The van der Waals surface area contributed by atoms with E-state index in [1.54, 1.807) is 17.0 Å². The molecule has 102 valence electrons. The van der Waals surface area contributed by atoms with Crippen molar-refractivity contribution in [3.63, 3.8) is 0 Å². The molecule has 1 aromatic carbocycles. The topological polar surface area (TPSA) is 78.9 Å². The second kappa shape index (κ2) is 5.73. The van der Waals surface area contributed by atoms with E-state index in [0.29, 0.717) is 17.9 Å². The summed E-state index contributed by atoms with van der Waals surface area (Å²) in [5.74, 6) is 0.907. The summed E-state index contributed by atoms with van der Waals surface area (Å²) in [5.41, 5.74) is 7.06. The number of rotatable bonds is 5. The largest absolute Gasteiger partial charge is 0.409 e. The van der Waals surface area contributed by atoms with E-state index in [-0.39, 0.29) is 11.7 Å². The Morgan fingerprint density at radius 2 is 2.05 bits per heavy atom. The summed E-state index contributed by atoms with van der Waals surface area (Å²) in [6.07, 6.45) is 2.87. The molecule has 19 heavy (non-hydrogen) atoms. The van der Waals surface area contributed by atoms with Gasteiger partial charge in [-0.25, -0.2) is 0 Å². The molecule has 0 spiro atoms. The minimum Gasteiger partial charge on any atom is -0.409 e. The maximum absolute atomic E-state index is 12.0. The Kier molecular flexibility index (Phi) is 4.04. The fourth-order valence-electron chi connectivity index (χ4n) is 1.95. The van der Waals surface area contributed by atoms with Crippen LogP contribution in [0, 0.1) is 5.92 Å². The third-order valence-corrected chi connectivity index (χ3v) is 3.37. The monoisotopic (exact) mass is 261 g/mol. The van der Waals surface area contributed by atoms with Crippen LogP contribution >= 0.6 is 0 Å². The molecule has 0 radical (unpaired) electrons. The van der Waals surface area contributed by atoms with Gasteiger partial charge in [0.1, 0.15) is 0 Å². The lowest BCUT2D eigenvalue weighted by Gasteiger charge is -2.16. The number of hydrogen-bond acceptors (Lipinski definition) is 3. The number of amidine groups is 1. The summed E-state index contributed by atoms with van der Waals surface area (Å²) in [5, 5.41) is 11.5. The lowest BCUT2D eigenvalue weighted by Crippen LogP contribution is -2.30. The third kappa shape index (κ3) is 3.71. The van der Waals surface area contributed by atoms with Gasteiger partial charge in [-0.05, 0) is 24.3 Å². The van der Waals surface area contributed by atoms with Crippen molar-refractivity contribution in [3.8, 4) is 0 Å². The van der Waals surface area contributed by atoms with Gasteiger partial charge in [0.15, 0.2) is 5.84 Å². The molecule has 0 saturated heterocycles. The SMILES string of the molecule is CN(CC1CC1)C(=O)Cc1ccc(C(N)=NO)cc1. The molecule has 1 saturated carbocycles. The predicted molar refractivity (Wildman–Crippen MR) is 73.0 cm³/mol. The highest BCUT2D eigenvalue weighted by atomic mass is 16.4. The fourth-order valence-corrected chi connectivity index (χ4v) is 1.95. The van der Waals surface area contributed by atoms with E-state index >= 15 is 0 Å². The molecule has 2 rings (SSSR count). The van der Waals surface area contributed by atoms with Crippen LogP contribution in [0.5, 0.6) is 0 Å². The van der Waals surface area contributed by atoms with Crippen LogP contribution in [0.2, 0.25) is 0 Å². The Bertz CT molecular complexity index is 478. The van der Waals surface area contributed by atoms with Crippen LogP contribution in [0.1, 0.15) is 24.0 Å². The Hall–Kier alpha value is -2.04. The third-order valence-electron chi connectivity index (χ3n) is 3.37. The van der Waals surface area contributed by atoms with E-state index in [9.17, 15) is 4.79 Å². The molecular formula is C14H19N3O2. The summed E-state index contributed by atoms with van der Waals surface area (Å²) in [7, 11) is 1.85. The quantitative estimate of drug-likeness (QED) is 0.362. The Morgan fingerprint density at radius 3 is 2.58 bits per heavy atom. The molecule has 1 aliphatic rings. The molecular weight excluding hydrogens is 242 g/mol. The number of hydrogen-bond donors (Lipinski definition) is 2. The first-order valence-corrected chi connectivity index (χ1v) is 6.41. The summed E-state index contributed by atoms with van der Waals surface area (Å²) < 4.78 is 0. The average molecular weight is 261 g/mol. The number of nitrogens with zero attached hydrogens (tertiary/aromatic N) is 2. The highest BCUT2D eigenvalue weighted by molar-refractivity contribution is 5.97. The summed E-state index contributed by atoms with van der Waals surface area (Å²) in [4.78, 5) is 13.8. The lowest BCUT2D eigenvalue weighted by molar-refractivity contribution is -0.129. The lowest BCUT2D eigenvalue weighted by atomic mass is 10.1. The fraction of sp³-hybridized carbons (Fsp3) is 0.429. The van der Waals surface area contributed by atoms with Crippen molar-refractivity contribution in [3.05, 3.63) is 35.4 Å². The number of benzene rings is 1. The maximum Gasteiger partial charge on any atom is 0.226 e. The van der Waals surface area contributed by atoms with Crippen molar-refractivity contribution in [2.75, 3.05) is 13.6 Å². The molecule has 1 fully saturated rings. The van der Waals surface area contributed by atoms with Crippen LogP contribution < -0.4 is 5.73 Å². The van der Waals surface area contributed by atoms with E-state index in [2.05, 4.69) is 5.16 Å². The van der Waals surface area contributed by atoms with Gasteiger partial charge < -0.3 is 15.8 Å². The molecule has 1 amide bonds. The van der Waals surface area contributed by atoms with Crippen LogP contribution in [-0.4, -0.2) is 35.4 Å². The Balaban J connectivity index is 1.92. The normalized spacial score (nSPS) is 15.3. The van der Waals surface area contributed by atoms with Crippen molar-refractivity contribution in [1.82, 2.24) is 4.90 Å². The van der Waals surface area contributed by atoms with Crippen LogP contribution in [-0.2, 0) is 11.2 Å². The standard InChI is InChI=1S/C14H19N3O2/c1-17(9-11-2-3-11)13(18)8-10-4-6-12(7-5-10)14(15)16-19/h4-7,11,19H,2-3,8-9H2,1H3,(H2,15,16). The average Bonchev–Trinajstić information content (AvgIpc) is 3.22. The molecule has 0 atom stereocenters. The van der Waals surface area contributed by atoms with Gasteiger partial charge in [0, 0.05) is 19.2 Å². The summed E-state index contributed by atoms with van der Waals surface area (Å²) in [6.45, 7) is 0.862. The van der Waals surface area contributed by atoms with Crippen molar-refractivity contribution >= 4 is 11.7 Å². The number of carbonyl (C=O) groups is 1. The molecule has 1 aromatic rings. The van der Waals surface area contributed by atoms with E-state index in [4.69, 9.17) is 10.9 Å². The zero-order chi connectivity index (χ0) is 13.8. The van der Waals surface area contributed by atoms with Gasteiger partial charge in [0.2, 0.25) is 5.91 Å². The smallest absolute Gasteiger partial charge is 0.226 e. The number of nitrogens with two attached hydrogens (primary N) is 1. The molecule has 5 heteroatoms. The minimum atomic E-state index is 0.0729. The van der Waals surface area contributed by atoms with E-state index < -0.39 is 0 Å². The first-order valence-electron chi connectivity index (χ1n) is 6.41. The minimum absolute atomic E-state index is 0.0729. The highest BCUT2D eigenvalue weighted by Crippen LogP contribution is 2.29. The van der Waals surface area contributed by atoms with Crippen molar-refractivity contribution in [2.45, 2.75) is 19.3 Å². The molecule has 3 N–H and O–H groups in total. The van der Waals surface area contributed by atoms with E-state index in [1.807, 2.05) is 19.2 Å². The molecule has 0 aromatic heterocycles. The van der Waals surface area contributed by atoms with Crippen LogP contribution in [0.4, 0.5) is 0 Å². The predicted octanol–water partition coefficient (Wildman–Crippen LogP) is 1.19. The summed E-state index contributed by atoms with van der Waals surface area (Å²) >= 11 is 0. The molecule has 1 aliphatic carbocycles. The molecule has 0 bridgehead atoms. The van der Waals surface area contributed by atoms with Crippen molar-refractivity contribution in [1.29, 1.82) is 0 Å². The molecule has 0 heterocycles. The van der Waals surface area contributed by atoms with Gasteiger partial charge in [-0.2, -0.15) is 0 Å². The van der Waals surface area contributed by atoms with Crippen LogP contribution in [0.3, 0.4) is 0 Å². The first kappa shape index (κ1) is 13.4. The molecule has 5 nitrogen and oxygen atoms in total. The van der Waals surface area contributed by atoms with Crippen molar-refractivity contribution in [2.24, 2.45) is 16.8 Å². The van der Waals surface area contributed by atoms with Gasteiger partial charge in [-0.1, -0.05) is 29.4 Å². The van der Waals surface area contributed by atoms with Crippen LogP contribution in [0.25, 0.3) is 0 Å². The zero-order valence-electron chi connectivity index (χ0n) is 11.0. The first-order chi connectivity index (χ1) is 9.10. The number of amides is 1. The van der Waals surface area contributed by atoms with E-state index in [0.717, 1.165) is 12.1 Å². The highest BCUT2D eigenvalue weighted by Gasteiger charge is 2.24. The van der Waals surface area contributed by atoms with E-state index in [1.165, 1.54) is 12.8 Å². The zero-order valence-corrected chi connectivity index (χ0v) is 11.0. The number of carbonyl (C=O) groups excluding carboxylic acids is 1. The summed E-state index contributed by atoms with van der Waals surface area (Å²) in [6, 6.07) is 7.16. The van der Waals surface area contributed by atoms with Crippen molar-refractivity contribution < 1.29 is 10.0 Å². The van der Waals surface area contributed by atoms with Crippen LogP contribution in [0.15, 0.2) is 29.4 Å². The second-order valence-electron chi connectivity index (χ2n) is 5.08.